The van der Waals surface area contributed by atoms with Gasteiger partial charge in [0.25, 0.3) is 0 Å². The van der Waals surface area contributed by atoms with Crippen LogP contribution in [0, 0.1) is 17.8 Å². The van der Waals surface area contributed by atoms with Crippen molar-refractivity contribution in [3.63, 3.8) is 0 Å². The number of carbonyl (C=O) groups excluding carboxylic acids is 1. The molecule has 0 spiro atoms. The van der Waals surface area contributed by atoms with Crippen molar-refractivity contribution < 1.29 is 18.0 Å². The third-order valence-electron chi connectivity index (χ3n) is 4.26. The topological polar surface area (TPSA) is 55.1 Å². The number of amides is 1. The van der Waals surface area contributed by atoms with E-state index in [1.807, 2.05) is 0 Å². The summed E-state index contributed by atoms with van der Waals surface area (Å²) in [5.41, 5.74) is 5.84. The molecule has 110 valence electrons. The molecule has 3 N–H and O–H groups in total. The lowest BCUT2D eigenvalue weighted by Gasteiger charge is -2.32. The third-order valence-corrected chi connectivity index (χ3v) is 4.26. The molecule has 0 aromatic heterocycles. The highest BCUT2D eigenvalue weighted by Gasteiger charge is 2.48. The molecule has 3 atom stereocenters. The van der Waals surface area contributed by atoms with Crippen LogP contribution in [0.3, 0.4) is 0 Å². The summed E-state index contributed by atoms with van der Waals surface area (Å²) >= 11 is 0. The summed E-state index contributed by atoms with van der Waals surface area (Å²) in [5, 5.41) is 2.61. The Kier molecular flexibility index (Phi) is 4.38. The average Bonchev–Trinajstić information content (AvgIpc) is 3.18. The Labute approximate surface area is 111 Å². The molecule has 1 amide bonds. The highest BCUT2D eigenvalue weighted by atomic mass is 19.4. The zero-order valence-electron chi connectivity index (χ0n) is 10.9. The maximum absolute atomic E-state index is 12.9. The van der Waals surface area contributed by atoms with E-state index in [9.17, 15) is 18.0 Å². The fourth-order valence-corrected chi connectivity index (χ4v) is 2.88. The molecule has 0 saturated heterocycles. The molecule has 3 unspecified atom stereocenters. The van der Waals surface area contributed by atoms with Crippen LogP contribution in [0.15, 0.2) is 0 Å². The fraction of sp³-hybridized carbons (Fsp3) is 0.923. The van der Waals surface area contributed by atoms with Gasteiger partial charge in [0.2, 0.25) is 5.91 Å². The maximum Gasteiger partial charge on any atom is 0.392 e. The molecule has 0 aromatic rings. The molecule has 19 heavy (non-hydrogen) atoms. The minimum absolute atomic E-state index is 0.0657. The molecule has 0 heterocycles. The van der Waals surface area contributed by atoms with Gasteiger partial charge in [0.1, 0.15) is 0 Å². The van der Waals surface area contributed by atoms with Crippen LogP contribution in [0.1, 0.15) is 38.5 Å². The van der Waals surface area contributed by atoms with Crippen molar-refractivity contribution in [2.75, 3.05) is 6.54 Å². The Bertz CT molecular complexity index is 328. The van der Waals surface area contributed by atoms with E-state index >= 15 is 0 Å². The maximum atomic E-state index is 12.9. The highest BCUT2D eigenvalue weighted by Crippen LogP contribution is 2.41. The van der Waals surface area contributed by atoms with Crippen LogP contribution >= 0.6 is 0 Å². The van der Waals surface area contributed by atoms with Gasteiger partial charge in [-0.3, -0.25) is 4.79 Å². The summed E-state index contributed by atoms with van der Waals surface area (Å²) < 4.78 is 38.7. The Morgan fingerprint density at radius 2 is 1.84 bits per heavy atom. The van der Waals surface area contributed by atoms with E-state index in [0.29, 0.717) is 31.7 Å². The van der Waals surface area contributed by atoms with Crippen molar-refractivity contribution >= 4 is 5.91 Å². The lowest BCUT2D eigenvalue weighted by molar-refractivity contribution is -0.198. The predicted molar refractivity (Wildman–Crippen MR) is 65.2 cm³/mol. The molecule has 2 aliphatic rings. The molecule has 0 aliphatic heterocycles. The summed E-state index contributed by atoms with van der Waals surface area (Å²) in [6.45, 7) is 0.296. The third kappa shape index (κ3) is 3.84. The SMILES string of the molecule is NC(CNC(=O)C1CCCCC1C(F)(F)F)C1CC1. The summed E-state index contributed by atoms with van der Waals surface area (Å²) in [6.07, 6.45) is -0.516. The van der Waals surface area contributed by atoms with Gasteiger partial charge in [-0.2, -0.15) is 13.2 Å². The standard InChI is InChI=1S/C13H21F3N2O/c14-13(15,16)10-4-2-1-3-9(10)12(19)18-7-11(17)8-5-6-8/h8-11H,1-7,17H2,(H,18,19). The predicted octanol–water partition coefficient (Wildman–Crippen LogP) is 2.21. The normalized spacial score (nSPS) is 29.9. The van der Waals surface area contributed by atoms with Gasteiger partial charge in [-0.15, -0.1) is 0 Å². The van der Waals surface area contributed by atoms with E-state index in [1.54, 1.807) is 0 Å². The molecule has 6 heteroatoms. The van der Waals surface area contributed by atoms with Crippen LogP contribution in [0.4, 0.5) is 13.2 Å². The number of nitrogens with one attached hydrogen (secondary N) is 1. The second kappa shape index (κ2) is 5.69. The number of nitrogens with two attached hydrogens (primary N) is 1. The summed E-state index contributed by atoms with van der Waals surface area (Å²) in [4.78, 5) is 11.9. The van der Waals surface area contributed by atoms with Crippen LogP contribution in [-0.4, -0.2) is 24.7 Å². The van der Waals surface area contributed by atoms with E-state index in [2.05, 4.69) is 5.32 Å². The van der Waals surface area contributed by atoms with Crippen molar-refractivity contribution in [2.45, 2.75) is 50.7 Å². The van der Waals surface area contributed by atoms with Crippen LogP contribution < -0.4 is 11.1 Å². The van der Waals surface area contributed by atoms with Crippen LogP contribution in [0.2, 0.25) is 0 Å². The Morgan fingerprint density at radius 1 is 1.21 bits per heavy atom. The number of rotatable bonds is 4. The molecule has 0 bridgehead atoms. The molecular weight excluding hydrogens is 257 g/mol. The molecule has 2 rings (SSSR count). The Balaban J connectivity index is 1.87. The fourth-order valence-electron chi connectivity index (χ4n) is 2.88. The van der Waals surface area contributed by atoms with Crippen molar-refractivity contribution in [1.82, 2.24) is 5.32 Å². The number of hydrogen-bond donors (Lipinski definition) is 2. The number of hydrogen-bond acceptors (Lipinski definition) is 2. The van der Waals surface area contributed by atoms with E-state index in [0.717, 1.165) is 12.8 Å². The zero-order valence-corrected chi connectivity index (χ0v) is 10.9. The highest BCUT2D eigenvalue weighted by molar-refractivity contribution is 5.79. The molecule has 0 aromatic carbocycles. The summed E-state index contributed by atoms with van der Waals surface area (Å²) in [5.74, 6) is -2.46. The van der Waals surface area contributed by atoms with Gasteiger partial charge in [0.15, 0.2) is 0 Å². The number of alkyl halides is 3. The van der Waals surface area contributed by atoms with Crippen LogP contribution in [0.25, 0.3) is 0 Å². The first kappa shape index (κ1) is 14.6. The van der Waals surface area contributed by atoms with Gasteiger partial charge >= 0.3 is 6.18 Å². The van der Waals surface area contributed by atoms with Crippen LogP contribution in [-0.2, 0) is 4.79 Å². The zero-order chi connectivity index (χ0) is 14.0. The Morgan fingerprint density at radius 3 is 2.42 bits per heavy atom. The first-order valence-corrected chi connectivity index (χ1v) is 6.99. The minimum Gasteiger partial charge on any atom is -0.354 e. The van der Waals surface area contributed by atoms with E-state index in [1.165, 1.54) is 0 Å². The van der Waals surface area contributed by atoms with Gasteiger partial charge in [0, 0.05) is 18.5 Å². The van der Waals surface area contributed by atoms with E-state index < -0.39 is 23.9 Å². The molecule has 3 nitrogen and oxygen atoms in total. The lowest BCUT2D eigenvalue weighted by Crippen LogP contribution is -2.46. The summed E-state index contributed by atoms with van der Waals surface area (Å²) in [6, 6.07) is -0.114. The van der Waals surface area contributed by atoms with Crippen molar-refractivity contribution in [2.24, 2.45) is 23.5 Å². The van der Waals surface area contributed by atoms with Crippen molar-refractivity contribution in [3.8, 4) is 0 Å². The first-order chi connectivity index (χ1) is 8.89. The van der Waals surface area contributed by atoms with Gasteiger partial charge in [-0.05, 0) is 31.6 Å². The van der Waals surface area contributed by atoms with Gasteiger partial charge in [0.05, 0.1) is 5.92 Å². The molecular formula is C13H21F3N2O. The Hall–Kier alpha value is -0.780. The molecule has 0 radical (unpaired) electrons. The van der Waals surface area contributed by atoms with E-state index in [4.69, 9.17) is 5.73 Å². The second-order valence-corrected chi connectivity index (χ2v) is 5.79. The van der Waals surface area contributed by atoms with Crippen molar-refractivity contribution in [1.29, 1.82) is 0 Å². The monoisotopic (exact) mass is 278 g/mol. The number of halogens is 3. The number of carbonyl (C=O) groups is 1. The molecule has 2 fully saturated rings. The first-order valence-electron chi connectivity index (χ1n) is 6.99. The summed E-state index contributed by atoms with van der Waals surface area (Å²) in [7, 11) is 0. The van der Waals surface area contributed by atoms with Crippen LogP contribution in [0.5, 0.6) is 0 Å². The average molecular weight is 278 g/mol. The van der Waals surface area contributed by atoms with Gasteiger partial charge in [-0.25, -0.2) is 0 Å². The van der Waals surface area contributed by atoms with E-state index in [-0.39, 0.29) is 12.5 Å². The van der Waals surface area contributed by atoms with Crippen molar-refractivity contribution in [3.05, 3.63) is 0 Å². The van der Waals surface area contributed by atoms with Gasteiger partial charge in [-0.1, -0.05) is 12.8 Å². The second-order valence-electron chi connectivity index (χ2n) is 5.79. The smallest absolute Gasteiger partial charge is 0.354 e. The molecule has 2 aliphatic carbocycles. The van der Waals surface area contributed by atoms with Gasteiger partial charge < -0.3 is 11.1 Å². The largest absolute Gasteiger partial charge is 0.392 e. The molecule has 2 saturated carbocycles. The lowest BCUT2D eigenvalue weighted by atomic mass is 9.78. The quantitative estimate of drug-likeness (QED) is 0.828. The minimum atomic E-state index is -4.28.